The highest BCUT2D eigenvalue weighted by Crippen LogP contribution is 2.22. The first-order chi connectivity index (χ1) is 7.95. The van der Waals surface area contributed by atoms with Gasteiger partial charge in [-0.1, -0.05) is 36.7 Å². The smallest absolute Gasteiger partial charge is 0.255 e. The fourth-order valence-electron chi connectivity index (χ4n) is 1.68. The predicted molar refractivity (Wildman–Crippen MR) is 72.2 cm³/mol. The average molecular weight is 300 g/mol. The molecule has 3 nitrogen and oxygen atoms in total. The van der Waals surface area contributed by atoms with Crippen LogP contribution in [0.15, 0.2) is 22.7 Å². The van der Waals surface area contributed by atoms with Gasteiger partial charge in [0, 0.05) is 10.5 Å². The number of hydrogen-bond donors (Lipinski definition) is 2. The Bertz CT molecular complexity index is 404. The lowest BCUT2D eigenvalue weighted by molar-refractivity contribution is 0.0922. The number of halogens is 1. The highest BCUT2D eigenvalue weighted by molar-refractivity contribution is 9.10. The van der Waals surface area contributed by atoms with Gasteiger partial charge < -0.3 is 10.4 Å². The molecule has 0 spiro atoms. The van der Waals surface area contributed by atoms with Crippen LogP contribution < -0.4 is 5.32 Å². The molecule has 0 aliphatic carbocycles. The minimum atomic E-state index is -0.226. The van der Waals surface area contributed by atoms with Gasteiger partial charge in [0.25, 0.3) is 5.91 Å². The van der Waals surface area contributed by atoms with E-state index in [0.717, 1.165) is 10.9 Å². The molecule has 1 atom stereocenters. The van der Waals surface area contributed by atoms with E-state index in [1.807, 2.05) is 6.92 Å². The first-order valence-electron chi connectivity index (χ1n) is 5.75. The zero-order chi connectivity index (χ0) is 13.0. The SMILES string of the molecule is CCC(NC(=O)c1ccc(Br)cc1O)C(C)C. The van der Waals surface area contributed by atoms with Gasteiger partial charge in [0.15, 0.2) is 0 Å². The molecule has 0 radical (unpaired) electrons. The summed E-state index contributed by atoms with van der Waals surface area (Å²) in [6.45, 7) is 6.16. The van der Waals surface area contributed by atoms with Crippen LogP contribution in [-0.2, 0) is 0 Å². The highest BCUT2D eigenvalue weighted by atomic mass is 79.9. The number of hydrogen-bond acceptors (Lipinski definition) is 2. The van der Waals surface area contributed by atoms with Gasteiger partial charge >= 0.3 is 0 Å². The molecule has 0 aliphatic heterocycles. The van der Waals surface area contributed by atoms with Crippen LogP contribution in [0.2, 0.25) is 0 Å². The first-order valence-corrected chi connectivity index (χ1v) is 6.54. The normalized spacial score (nSPS) is 12.5. The van der Waals surface area contributed by atoms with Crippen LogP contribution >= 0.6 is 15.9 Å². The topological polar surface area (TPSA) is 49.3 Å². The minimum absolute atomic E-state index is 0.00418. The van der Waals surface area contributed by atoms with Crippen molar-refractivity contribution in [2.45, 2.75) is 33.2 Å². The van der Waals surface area contributed by atoms with Crippen LogP contribution in [0.4, 0.5) is 0 Å². The van der Waals surface area contributed by atoms with Gasteiger partial charge in [0.2, 0.25) is 0 Å². The van der Waals surface area contributed by atoms with Crippen LogP contribution in [0.25, 0.3) is 0 Å². The number of aromatic hydroxyl groups is 1. The van der Waals surface area contributed by atoms with Gasteiger partial charge in [-0.25, -0.2) is 0 Å². The Morgan fingerprint density at radius 2 is 2.12 bits per heavy atom. The van der Waals surface area contributed by atoms with E-state index in [0.29, 0.717) is 11.5 Å². The maximum atomic E-state index is 12.0. The molecule has 0 saturated carbocycles. The number of amides is 1. The predicted octanol–water partition coefficient (Wildman–Crippen LogP) is 3.32. The minimum Gasteiger partial charge on any atom is -0.507 e. The van der Waals surface area contributed by atoms with E-state index in [1.165, 1.54) is 6.07 Å². The van der Waals surface area contributed by atoms with E-state index in [9.17, 15) is 9.90 Å². The summed E-state index contributed by atoms with van der Waals surface area (Å²) in [6.07, 6.45) is 0.876. The Hall–Kier alpha value is -1.03. The average Bonchev–Trinajstić information content (AvgIpc) is 2.24. The van der Waals surface area contributed by atoms with Crippen molar-refractivity contribution in [1.29, 1.82) is 0 Å². The van der Waals surface area contributed by atoms with Crippen LogP contribution in [0.5, 0.6) is 5.75 Å². The Labute approximate surface area is 110 Å². The lowest BCUT2D eigenvalue weighted by Gasteiger charge is -2.20. The molecule has 1 aromatic carbocycles. The third-order valence-corrected chi connectivity index (χ3v) is 3.26. The maximum Gasteiger partial charge on any atom is 0.255 e. The molecule has 0 aromatic heterocycles. The van der Waals surface area contributed by atoms with Crippen LogP contribution in [0, 0.1) is 5.92 Å². The monoisotopic (exact) mass is 299 g/mol. The molecule has 1 rings (SSSR count). The second kappa shape index (κ2) is 6.05. The number of nitrogens with one attached hydrogen (secondary N) is 1. The molecular weight excluding hydrogens is 282 g/mol. The number of benzene rings is 1. The molecule has 0 bridgehead atoms. The Kier molecular flexibility index (Phi) is 5.00. The van der Waals surface area contributed by atoms with Crippen molar-refractivity contribution < 1.29 is 9.90 Å². The third-order valence-electron chi connectivity index (χ3n) is 2.77. The van der Waals surface area contributed by atoms with Crippen molar-refractivity contribution in [1.82, 2.24) is 5.32 Å². The number of phenolic OH excluding ortho intramolecular Hbond substituents is 1. The Morgan fingerprint density at radius 3 is 2.59 bits per heavy atom. The van der Waals surface area contributed by atoms with Crippen molar-refractivity contribution in [2.24, 2.45) is 5.92 Å². The molecule has 94 valence electrons. The fourth-order valence-corrected chi connectivity index (χ4v) is 2.03. The summed E-state index contributed by atoms with van der Waals surface area (Å²) in [5.74, 6) is 0.146. The lowest BCUT2D eigenvalue weighted by Crippen LogP contribution is -2.38. The van der Waals surface area contributed by atoms with Gasteiger partial charge in [-0.05, 0) is 30.5 Å². The van der Waals surface area contributed by atoms with Gasteiger partial charge in [0.1, 0.15) is 5.75 Å². The summed E-state index contributed by atoms with van der Waals surface area (Å²) in [5.41, 5.74) is 0.312. The molecule has 0 fully saturated rings. The van der Waals surface area contributed by atoms with Crippen molar-refractivity contribution in [3.8, 4) is 5.75 Å². The third kappa shape index (κ3) is 3.73. The second-order valence-corrected chi connectivity index (χ2v) is 5.31. The maximum absolute atomic E-state index is 12.0. The van der Waals surface area contributed by atoms with E-state index >= 15 is 0 Å². The molecule has 1 aromatic rings. The fraction of sp³-hybridized carbons (Fsp3) is 0.462. The number of phenols is 1. The molecular formula is C13H18BrNO2. The summed E-state index contributed by atoms with van der Waals surface area (Å²) in [5, 5.41) is 12.6. The molecule has 0 saturated heterocycles. The number of carbonyl (C=O) groups excluding carboxylic acids is 1. The molecule has 17 heavy (non-hydrogen) atoms. The van der Waals surface area contributed by atoms with E-state index in [1.54, 1.807) is 12.1 Å². The van der Waals surface area contributed by atoms with Crippen LogP contribution in [-0.4, -0.2) is 17.1 Å². The van der Waals surface area contributed by atoms with Crippen molar-refractivity contribution >= 4 is 21.8 Å². The summed E-state index contributed by atoms with van der Waals surface area (Å²) in [6, 6.07) is 5.00. The van der Waals surface area contributed by atoms with Gasteiger partial charge in [-0.15, -0.1) is 0 Å². The standard InChI is InChI=1S/C13H18BrNO2/c1-4-11(8(2)3)15-13(17)10-6-5-9(14)7-12(10)16/h5-8,11,16H,4H2,1-3H3,(H,15,17). The second-order valence-electron chi connectivity index (χ2n) is 4.39. The molecule has 0 heterocycles. The summed E-state index contributed by atoms with van der Waals surface area (Å²) in [7, 11) is 0. The highest BCUT2D eigenvalue weighted by Gasteiger charge is 2.17. The van der Waals surface area contributed by atoms with E-state index in [4.69, 9.17) is 0 Å². The molecule has 1 unspecified atom stereocenters. The van der Waals surface area contributed by atoms with Crippen molar-refractivity contribution in [3.05, 3.63) is 28.2 Å². The molecule has 1 amide bonds. The van der Waals surface area contributed by atoms with Gasteiger partial charge in [0.05, 0.1) is 5.56 Å². The van der Waals surface area contributed by atoms with Crippen LogP contribution in [0.1, 0.15) is 37.6 Å². The van der Waals surface area contributed by atoms with Crippen LogP contribution in [0.3, 0.4) is 0 Å². The largest absolute Gasteiger partial charge is 0.507 e. The van der Waals surface area contributed by atoms with Gasteiger partial charge in [-0.2, -0.15) is 0 Å². The van der Waals surface area contributed by atoms with Gasteiger partial charge in [-0.3, -0.25) is 4.79 Å². The van der Waals surface area contributed by atoms with E-state index in [-0.39, 0.29) is 17.7 Å². The number of carbonyl (C=O) groups is 1. The number of rotatable bonds is 4. The van der Waals surface area contributed by atoms with E-state index < -0.39 is 0 Å². The zero-order valence-corrected chi connectivity index (χ0v) is 11.9. The van der Waals surface area contributed by atoms with Crippen molar-refractivity contribution in [3.63, 3.8) is 0 Å². The van der Waals surface area contributed by atoms with Crippen molar-refractivity contribution in [2.75, 3.05) is 0 Å². The zero-order valence-electron chi connectivity index (χ0n) is 10.3. The molecule has 2 N–H and O–H groups in total. The Morgan fingerprint density at radius 1 is 1.47 bits per heavy atom. The molecule has 0 aliphatic rings. The summed E-state index contributed by atoms with van der Waals surface area (Å²) in [4.78, 5) is 12.0. The Balaban J connectivity index is 2.82. The summed E-state index contributed by atoms with van der Waals surface area (Å²) >= 11 is 3.24. The first kappa shape index (κ1) is 14.0. The quantitative estimate of drug-likeness (QED) is 0.896. The summed E-state index contributed by atoms with van der Waals surface area (Å²) < 4.78 is 0.752. The molecule has 4 heteroatoms. The lowest BCUT2D eigenvalue weighted by atomic mass is 10.0. The van der Waals surface area contributed by atoms with E-state index in [2.05, 4.69) is 35.1 Å².